The Bertz CT molecular complexity index is 577. The average Bonchev–Trinajstić information content (AvgIpc) is 2.80. The zero-order valence-electron chi connectivity index (χ0n) is 9.93. The van der Waals surface area contributed by atoms with E-state index in [1.54, 1.807) is 19.1 Å². The summed E-state index contributed by atoms with van der Waals surface area (Å²) in [7, 11) is 0. The molecule has 1 aromatic carbocycles. The Morgan fingerprint density at radius 2 is 2.00 bits per heavy atom. The van der Waals surface area contributed by atoms with Crippen LogP contribution in [0.4, 0.5) is 0 Å². The summed E-state index contributed by atoms with van der Waals surface area (Å²) in [5.74, 6) is 12.6. The number of fused-ring (bicyclic) bond motifs is 1. The molecular formula is C15H12O3. The van der Waals surface area contributed by atoms with Crippen molar-refractivity contribution in [2.45, 2.75) is 13.0 Å². The van der Waals surface area contributed by atoms with Gasteiger partial charge in [-0.2, -0.15) is 0 Å². The summed E-state index contributed by atoms with van der Waals surface area (Å²) in [4.78, 5) is 0. The third-order valence-corrected chi connectivity index (χ3v) is 2.13. The molecule has 18 heavy (non-hydrogen) atoms. The largest absolute Gasteiger partial charge is 0.454 e. The smallest absolute Gasteiger partial charge is 0.231 e. The van der Waals surface area contributed by atoms with Gasteiger partial charge in [0.25, 0.3) is 0 Å². The second kappa shape index (κ2) is 5.82. The summed E-state index contributed by atoms with van der Waals surface area (Å²) >= 11 is 0. The van der Waals surface area contributed by atoms with Crippen LogP contribution >= 0.6 is 0 Å². The molecule has 0 spiro atoms. The zero-order valence-corrected chi connectivity index (χ0v) is 9.93. The molecule has 1 aliphatic rings. The quantitative estimate of drug-likeness (QED) is 0.702. The molecule has 1 aliphatic heterocycles. The van der Waals surface area contributed by atoms with E-state index >= 15 is 0 Å². The fourth-order valence-corrected chi connectivity index (χ4v) is 1.35. The molecule has 0 fully saturated rings. The monoisotopic (exact) mass is 240 g/mol. The standard InChI is InChI=1S/C15H12O3/c1-12(16)6-4-2-3-5-7-13-8-9-14-15(10-13)18-11-17-14/h2-3,8-10,12,16H,11H2,1H3/b3-2+/t12-/m1/s1. The van der Waals surface area contributed by atoms with Gasteiger partial charge >= 0.3 is 0 Å². The van der Waals surface area contributed by atoms with Gasteiger partial charge in [-0.1, -0.05) is 23.7 Å². The maximum absolute atomic E-state index is 8.91. The third-order valence-electron chi connectivity index (χ3n) is 2.13. The van der Waals surface area contributed by atoms with Gasteiger partial charge in [-0.25, -0.2) is 0 Å². The van der Waals surface area contributed by atoms with Crippen molar-refractivity contribution in [2.24, 2.45) is 0 Å². The van der Waals surface area contributed by atoms with Gasteiger partial charge in [0.05, 0.1) is 0 Å². The van der Waals surface area contributed by atoms with Crippen LogP contribution in [0.15, 0.2) is 30.4 Å². The fraction of sp³-hybridized carbons (Fsp3) is 0.200. The molecule has 0 unspecified atom stereocenters. The molecular weight excluding hydrogens is 228 g/mol. The van der Waals surface area contributed by atoms with E-state index in [4.69, 9.17) is 14.6 Å². The van der Waals surface area contributed by atoms with Gasteiger partial charge in [0.2, 0.25) is 6.79 Å². The number of ether oxygens (including phenoxy) is 2. The first kappa shape index (κ1) is 12.1. The molecule has 0 radical (unpaired) electrons. The van der Waals surface area contributed by atoms with Gasteiger partial charge < -0.3 is 14.6 Å². The van der Waals surface area contributed by atoms with E-state index in [0.29, 0.717) is 0 Å². The molecule has 1 heterocycles. The molecule has 0 bridgehead atoms. The molecule has 1 atom stereocenters. The molecule has 1 aromatic rings. The summed E-state index contributed by atoms with van der Waals surface area (Å²) in [5, 5.41) is 8.91. The summed E-state index contributed by atoms with van der Waals surface area (Å²) in [6.45, 7) is 1.88. The molecule has 0 saturated carbocycles. The summed E-state index contributed by atoms with van der Waals surface area (Å²) in [6.07, 6.45) is 2.63. The molecule has 0 aliphatic carbocycles. The van der Waals surface area contributed by atoms with Crippen LogP contribution in [-0.4, -0.2) is 18.0 Å². The first-order valence-electron chi connectivity index (χ1n) is 5.51. The lowest BCUT2D eigenvalue weighted by molar-refractivity contribution is 0.174. The Kier molecular flexibility index (Phi) is 3.91. The Morgan fingerprint density at radius 3 is 2.83 bits per heavy atom. The van der Waals surface area contributed by atoms with Crippen LogP contribution in [0.2, 0.25) is 0 Å². The van der Waals surface area contributed by atoms with E-state index in [1.807, 2.05) is 18.2 Å². The first-order chi connectivity index (χ1) is 8.75. The van der Waals surface area contributed by atoms with Crippen molar-refractivity contribution in [1.29, 1.82) is 0 Å². The van der Waals surface area contributed by atoms with Crippen LogP contribution in [-0.2, 0) is 0 Å². The number of benzene rings is 1. The highest BCUT2D eigenvalue weighted by Crippen LogP contribution is 2.32. The molecule has 3 heteroatoms. The summed E-state index contributed by atoms with van der Waals surface area (Å²) in [6, 6.07) is 5.55. The highest BCUT2D eigenvalue weighted by molar-refractivity contribution is 5.50. The second-order valence-corrected chi connectivity index (χ2v) is 3.64. The highest BCUT2D eigenvalue weighted by Gasteiger charge is 2.12. The van der Waals surface area contributed by atoms with Crippen molar-refractivity contribution >= 4 is 0 Å². The minimum absolute atomic E-state index is 0.265. The molecule has 0 amide bonds. The first-order valence-corrected chi connectivity index (χ1v) is 5.51. The van der Waals surface area contributed by atoms with E-state index in [1.165, 1.54) is 0 Å². The van der Waals surface area contributed by atoms with E-state index in [0.717, 1.165) is 17.1 Å². The lowest BCUT2D eigenvalue weighted by atomic mass is 10.2. The second-order valence-electron chi connectivity index (χ2n) is 3.64. The predicted octanol–water partition coefficient (Wildman–Crippen LogP) is 1.71. The van der Waals surface area contributed by atoms with Gasteiger partial charge in [-0.05, 0) is 37.3 Å². The predicted molar refractivity (Wildman–Crippen MR) is 68.0 cm³/mol. The van der Waals surface area contributed by atoms with Gasteiger partial charge in [-0.3, -0.25) is 0 Å². The Morgan fingerprint density at radius 1 is 1.22 bits per heavy atom. The van der Waals surface area contributed by atoms with E-state index in [-0.39, 0.29) is 6.79 Å². The van der Waals surface area contributed by atoms with Gasteiger partial charge in [0, 0.05) is 5.56 Å². The lowest BCUT2D eigenvalue weighted by Gasteiger charge is -1.94. The number of aliphatic hydroxyl groups is 1. The number of hydrogen-bond donors (Lipinski definition) is 1. The number of aliphatic hydroxyl groups excluding tert-OH is 1. The molecule has 3 nitrogen and oxygen atoms in total. The normalized spacial score (nSPS) is 13.4. The minimum atomic E-state index is -0.614. The van der Waals surface area contributed by atoms with Gasteiger partial charge in [-0.15, -0.1) is 0 Å². The van der Waals surface area contributed by atoms with Gasteiger partial charge in [0.15, 0.2) is 11.5 Å². The SMILES string of the molecule is C[C@@H](O)C#C/C=C/C#Cc1ccc2c(c1)OCO2. The highest BCUT2D eigenvalue weighted by atomic mass is 16.7. The fourth-order valence-electron chi connectivity index (χ4n) is 1.35. The molecule has 0 saturated heterocycles. The Hall–Kier alpha value is -2.36. The number of allylic oxidation sites excluding steroid dienone is 2. The number of hydrogen-bond acceptors (Lipinski definition) is 3. The van der Waals surface area contributed by atoms with Crippen molar-refractivity contribution in [1.82, 2.24) is 0 Å². The Balaban J connectivity index is 2.01. The van der Waals surface area contributed by atoms with Crippen molar-refractivity contribution < 1.29 is 14.6 Å². The van der Waals surface area contributed by atoms with Crippen molar-refractivity contribution in [3.8, 4) is 35.2 Å². The van der Waals surface area contributed by atoms with Crippen LogP contribution in [0.3, 0.4) is 0 Å². The molecule has 90 valence electrons. The van der Waals surface area contributed by atoms with Gasteiger partial charge in [0.1, 0.15) is 6.10 Å². The van der Waals surface area contributed by atoms with E-state index in [2.05, 4.69) is 23.7 Å². The zero-order chi connectivity index (χ0) is 12.8. The van der Waals surface area contributed by atoms with Crippen LogP contribution in [0.5, 0.6) is 11.5 Å². The third kappa shape index (κ3) is 3.31. The Labute approximate surface area is 106 Å². The van der Waals surface area contributed by atoms with Crippen LogP contribution < -0.4 is 9.47 Å². The molecule has 1 N–H and O–H groups in total. The number of rotatable bonds is 0. The van der Waals surface area contributed by atoms with Crippen molar-refractivity contribution in [3.63, 3.8) is 0 Å². The van der Waals surface area contributed by atoms with Crippen LogP contribution in [0.1, 0.15) is 12.5 Å². The summed E-state index contributed by atoms with van der Waals surface area (Å²) in [5.41, 5.74) is 0.854. The average molecular weight is 240 g/mol. The van der Waals surface area contributed by atoms with E-state index in [9.17, 15) is 0 Å². The maximum Gasteiger partial charge on any atom is 0.231 e. The van der Waals surface area contributed by atoms with Crippen LogP contribution in [0.25, 0.3) is 0 Å². The topological polar surface area (TPSA) is 38.7 Å². The van der Waals surface area contributed by atoms with Crippen LogP contribution in [0, 0.1) is 23.7 Å². The summed E-state index contributed by atoms with van der Waals surface area (Å²) < 4.78 is 10.5. The molecule has 0 aromatic heterocycles. The molecule has 2 rings (SSSR count). The van der Waals surface area contributed by atoms with Crippen molar-refractivity contribution in [3.05, 3.63) is 35.9 Å². The maximum atomic E-state index is 8.91. The lowest BCUT2D eigenvalue weighted by Crippen LogP contribution is -1.92. The minimum Gasteiger partial charge on any atom is -0.454 e. The van der Waals surface area contributed by atoms with E-state index < -0.39 is 6.10 Å². The van der Waals surface area contributed by atoms with Crippen molar-refractivity contribution in [2.75, 3.05) is 6.79 Å².